The number of sulfonamides is 1. The number of H-pyrrole nitrogens is 1. The van der Waals surface area contributed by atoms with Gasteiger partial charge in [-0.3, -0.25) is 19.5 Å². The van der Waals surface area contributed by atoms with Crippen molar-refractivity contribution in [3.63, 3.8) is 0 Å². The summed E-state index contributed by atoms with van der Waals surface area (Å²) >= 11 is 5.90. The highest BCUT2D eigenvalue weighted by atomic mass is 35.5. The van der Waals surface area contributed by atoms with E-state index in [9.17, 15) is 26.4 Å². The standard InChI is InChI=1S/C17H13ClF3N5O3S/c1-26(12-6-3-5-11(18)9-12)30(28,29)13-7-2-4-10(8-13)14(27)22-16-23-15(24-25-16)17(19,20)21/h2-9H,1H3,(H2,22,23,24,25,27). The van der Waals surface area contributed by atoms with E-state index < -0.39 is 33.9 Å². The Morgan fingerprint density at radius 1 is 1.17 bits per heavy atom. The summed E-state index contributed by atoms with van der Waals surface area (Å²) in [5.74, 6) is -2.86. The molecule has 30 heavy (non-hydrogen) atoms. The van der Waals surface area contributed by atoms with Crippen molar-refractivity contribution in [1.29, 1.82) is 0 Å². The van der Waals surface area contributed by atoms with Crippen molar-refractivity contribution < 1.29 is 26.4 Å². The van der Waals surface area contributed by atoms with Gasteiger partial charge >= 0.3 is 6.18 Å². The van der Waals surface area contributed by atoms with Gasteiger partial charge in [0.25, 0.3) is 15.9 Å². The molecule has 8 nitrogen and oxygen atoms in total. The zero-order valence-corrected chi connectivity index (χ0v) is 16.7. The van der Waals surface area contributed by atoms with E-state index >= 15 is 0 Å². The number of nitrogens with zero attached hydrogens (tertiary/aromatic N) is 3. The largest absolute Gasteiger partial charge is 0.451 e. The number of alkyl halides is 3. The molecule has 13 heteroatoms. The van der Waals surface area contributed by atoms with Gasteiger partial charge in [-0.25, -0.2) is 8.42 Å². The number of amides is 1. The summed E-state index contributed by atoms with van der Waals surface area (Å²) in [7, 11) is -2.72. The molecule has 1 amide bonds. The molecule has 0 aliphatic rings. The van der Waals surface area contributed by atoms with Crippen LogP contribution in [0.3, 0.4) is 0 Å². The van der Waals surface area contributed by atoms with Gasteiger partial charge < -0.3 is 0 Å². The van der Waals surface area contributed by atoms with Crippen molar-refractivity contribution in [3.05, 3.63) is 64.9 Å². The molecule has 0 bridgehead atoms. The number of aromatic amines is 1. The molecular formula is C17H13ClF3N5O3S. The fourth-order valence-corrected chi connectivity index (χ4v) is 3.80. The van der Waals surface area contributed by atoms with Gasteiger partial charge in [0.1, 0.15) is 0 Å². The van der Waals surface area contributed by atoms with Gasteiger partial charge in [-0.2, -0.15) is 18.2 Å². The maximum atomic E-state index is 12.9. The molecule has 0 fully saturated rings. The van der Waals surface area contributed by atoms with E-state index in [0.29, 0.717) is 10.7 Å². The highest BCUT2D eigenvalue weighted by Crippen LogP contribution is 2.27. The van der Waals surface area contributed by atoms with E-state index in [4.69, 9.17) is 11.6 Å². The minimum absolute atomic E-state index is 0.117. The Kier molecular flexibility index (Phi) is 5.72. The first-order valence-corrected chi connectivity index (χ1v) is 9.96. The average molecular weight is 460 g/mol. The van der Waals surface area contributed by atoms with Gasteiger partial charge in [-0.15, -0.1) is 5.10 Å². The van der Waals surface area contributed by atoms with Gasteiger partial charge in [-0.1, -0.05) is 23.7 Å². The summed E-state index contributed by atoms with van der Waals surface area (Å²) in [5, 5.41) is 7.35. The van der Waals surface area contributed by atoms with E-state index in [1.165, 1.54) is 31.3 Å². The molecule has 0 spiro atoms. The van der Waals surface area contributed by atoms with Crippen LogP contribution < -0.4 is 9.62 Å². The van der Waals surface area contributed by atoms with E-state index in [-0.39, 0.29) is 10.5 Å². The molecule has 0 radical (unpaired) electrons. The fraction of sp³-hybridized carbons (Fsp3) is 0.118. The van der Waals surface area contributed by atoms with Gasteiger partial charge in [0.15, 0.2) is 0 Å². The molecule has 2 aromatic carbocycles. The predicted molar refractivity (Wildman–Crippen MR) is 103 cm³/mol. The fourth-order valence-electron chi connectivity index (χ4n) is 2.38. The monoisotopic (exact) mass is 459 g/mol. The number of carbonyl (C=O) groups is 1. The number of carbonyl (C=O) groups excluding carboxylic acids is 1. The summed E-state index contributed by atoms with van der Waals surface area (Å²) in [4.78, 5) is 15.3. The third kappa shape index (κ3) is 4.54. The smallest absolute Gasteiger partial charge is 0.289 e. The molecule has 1 heterocycles. The summed E-state index contributed by atoms with van der Waals surface area (Å²) in [6.07, 6.45) is -4.76. The lowest BCUT2D eigenvalue weighted by atomic mass is 10.2. The maximum Gasteiger partial charge on any atom is 0.451 e. The van der Waals surface area contributed by atoms with Crippen molar-refractivity contribution in [2.24, 2.45) is 0 Å². The van der Waals surface area contributed by atoms with Crippen molar-refractivity contribution >= 4 is 39.2 Å². The molecule has 3 rings (SSSR count). The highest BCUT2D eigenvalue weighted by Gasteiger charge is 2.35. The van der Waals surface area contributed by atoms with E-state index in [1.54, 1.807) is 23.3 Å². The minimum Gasteiger partial charge on any atom is -0.289 e. The van der Waals surface area contributed by atoms with Crippen LogP contribution in [0.25, 0.3) is 0 Å². The third-order valence-electron chi connectivity index (χ3n) is 3.91. The van der Waals surface area contributed by atoms with Crippen LogP contribution in [0, 0.1) is 0 Å². The lowest BCUT2D eigenvalue weighted by molar-refractivity contribution is -0.144. The number of benzene rings is 2. The zero-order valence-electron chi connectivity index (χ0n) is 15.1. The molecule has 0 saturated carbocycles. The van der Waals surface area contributed by atoms with Crippen LogP contribution in [0.15, 0.2) is 53.4 Å². The second kappa shape index (κ2) is 7.95. The zero-order chi connectivity index (χ0) is 22.1. The Morgan fingerprint density at radius 3 is 2.50 bits per heavy atom. The SMILES string of the molecule is CN(c1cccc(Cl)c1)S(=O)(=O)c1cccc(C(=O)Nc2n[nH]c(C(F)(F)F)n2)c1. The Hall–Kier alpha value is -3.12. The number of hydrogen-bond donors (Lipinski definition) is 2. The van der Waals surface area contributed by atoms with Crippen molar-refractivity contribution in [3.8, 4) is 0 Å². The topological polar surface area (TPSA) is 108 Å². The van der Waals surface area contributed by atoms with Gasteiger partial charge in [0.2, 0.25) is 11.8 Å². The van der Waals surface area contributed by atoms with Crippen molar-refractivity contribution in [1.82, 2.24) is 15.2 Å². The first-order chi connectivity index (χ1) is 14.0. The Bertz CT molecular complexity index is 1200. The van der Waals surface area contributed by atoms with Crippen LogP contribution in [0.1, 0.15) is 16.2 Å². The van der Waals surface area contributed by atoms with Crippen LogP contribution in [0.5, 0.6) is 0 Å². The first-order valence-electron chi connectivity index (χ1n) is 8.14. The third-order valence-corrected chi connectivity index (χ3v) is 5.92. The van der Waals surface area contributed by atoms with Crippen LogP contribution in [0.2, 0.25) is 5.02 Å². The number of hydrogen-bond acceptors (Lipinski definition) is 5. The number of halogens is 4. The quantitative estimate of drug-likeness (QED) is 0.606. The number of nitrogens with one attached hydrogen (secondary N) is 2. The molecule has 2 N–H and O–H groups in total. The minimum atomic E-state index is -4.76. The number of rotatable bonds is 5. The Balaban J connectivity index is 1.84. The van der Waals surface area contributed by atoms with E-state index in [1.807, 2.05) is 0 Å². The molecule has 0 aliphatic carbocycles. The van der Waals surface area contributed by atoms with Crippen molar-refractivity contribution in [2.75, 3.05) is 16.7 Å². The molecule has 1 aromatic heterocycles. The summed E-state index contributed by atoms with van der Waals surface area (Å²) in [6, 6.07) is 11.2. The van der Waals surface area contributed by atoms with E-state index in [0.717, 1.165) is 10.4 Å². The Morgan fingerprint density at radius 2 is 1.87 bits per heavy atom. The lowest BCUT2D eigenvalue weighted by Gasteiger charge is -2.20. The predicted octanol–water partition coefficient (Wildman–Crippen LogP) is 3.55. The normalized spacial score (nSPS) is 11.9. The van der Waals surface area contributed by atoms with Crippen LogP contribution in [0.4, 0.5) is 24.8 Å². The van der Waals surface area contributed by atoms with Gasteiger partial charge in [0.05, 0.1) is 10.6 Å². The highest BCUT2D eigenvalue weighted by molar-refractivity contribution is 7.92. The molecule has 0 saturated heterocycles. The second-order valence-corrected chi connectivity index (χ2v) is 8.35. The molecule has 0 atom stereocenters. The van der Waals surface area contributed by atoms with Crippen LogP contribution >= 0.6 is 11.6 Å². The van der Waals surface area contributed by atoms with Crippen LogP contribution in [-0.4, -0.2) is 36.6 Å². The molecule has 0 unspecified atom stereocenters. The second-order valence-electron chi connectivity index (χ2n) is 5.94. The van der Waals surface area contributed by atoms with Crippen molar-refractivity contribution in [2.45, 2.75) is 11.1 Å². The van der Waals surface area contributed by atoms with E-state index in [2.05, 4.69) is 15.4 Å². The van der Waals surface area contributed by atoms with Gasteiger partial charge in [-0.05, 0) is 36.4 Å². The summed E-state index contributed by atoms with van der Waals surface area (Å²) in [6.45, 7) is 0. The first kappa shape index (κ1) is 21.6. The molecular weight excluding hydrogens is 447 g/mol. The molecule has 3 aromatic rings. The van der Waals surface area contributed by atoms with Crippen LogP contribution in [-0.2, 0) is 16.2 Å². The molecule has 0 aliphatic heterocycles. The Labute approximate surface area is 173 Å². The maximum absolute atomic E-state index is 12.9. The average Bonchev–Trinajstić information content (AvgIpc) is 3.16. The number of anilines is 2. The summed E-state index contributed by atoms with van der Waals surface area (Å²) < 4.78 is 64.4. The molecule has 158 valence electrons. The lowest BCUT2D eigenvalue weighted by Crippen LogP contribution is -2.27. The summed E-state index contributed by atoms with van der Waals surface area (Å²) in [5.41, 5.74) is 0.187. The number of aromatic nitrogens is 3. The van der Waals surface area contributed by atoms with Gasteiger partial charge in [0, 0.05) is 17.6 Å².